The molecular weight excluding hydrogens is 276 g/mol. The first-order valence-electron chi connectivity index (χ1n) is 6.54. The van der Waals surface area contributed by atoms with Crippen LogP contribution in [0.15, 0.2) is 24.3 Å². The number of rotatable bonds is 3. The molecule has 1 heterocycles. The number of nitro groups is 1. The molecule has 1 fully saturated rings. The van der Waals surface area contributed by atoms with Crippen molar-refractivity contribution in [1.29, 1.82) is 0 Å². The second-order valence-corrected chi connectivity index (χ2v) is 4.68. The Labute approximate surface area is 121 Å². The molecule has 8 nitrogen and oxygen atoms in total. The summed E-state index contributed by atoms with van der Waals surface area (Å²) in [5.41, 5.74) is 5.65. The van der Waals surface area contributed by atoms with Gasteiger partial charge in [0.05, 0.1) is 11.5 Å². The van der Waals surface area contributed by atoms with Gasteiger partial charge in [0.15, 0.2) is 0 Å². The Morgan fingerprint density at radius 1 is 1.10 bits per heavy atom. The Hall–Kier alpha value is -2.48. The van der Waals surface area contributed by atoms with E-state index < -0.39 is 4.92 Å². The third-order valence-electron chi connectivity index (χ3n) is 3.42. The van der Waals surface area contributed by atoms with Gasteiger partial charge in [-0.25, -0.2) is 0 Å². The lowest BCUT2D eigenvalue weighted by molar-refractivity contribution is -0.384. The topological polar surface area (TPSA) is 110 Å². The van der Waals surface area contributed by atoms with Crippen LogP contribution in [0.25, 0.3) is 0 Å². The number of hydrogen-bond acceptors (Lipinski definition) is 5. The van der Waals surface area contributed by atoms with Crippen LogP contribution in [0.4, 0.5) is 5.69 Å². The van der Waals surface area contributed by atoms with Crippen molar-refractivity contribution in [2.45, 2.75) is 0 Å². The van der Waals surface area contributed by atoms with Gasteiger partial charge in [-0.05, 0) is 12.1 Å². The molecule has 0 radical (unpaired) electrons. The maximum Gasteiger partial charge on any atom is 0.269 e. The molecule has 2 rings (SSSR count). The van der Waals surface area contributed by atoms with Crippen LogP contribution in [0, 0.1) is 10.1 Å². The summed E-state index contributed by atoms with van der Waals surface area (Å²) in [7, 11) is 0. The number of benzene rings is 1. The molecule has 2 N–H and O–H groups in total. The van der Waals surface area contributed by atoms with Crippen LogP contribution in [0.3, 0.4) is 0 Å². The highest BCUT2D eigenvalue weighted by atomic mass is 16.6. The van der Waals surface area contributed by atoms with Gasteiger partial charge in [0.1, 0.15) is 0 Å². The van der Waals surface area contributed by atoms with E-state index in [9.17, 15) is 19.7 Å². The van der Waals surface area contributed by atoms with E-state index in [2.05, 4.69) is 0 Å². The summed E-state index contributed by atoms with van der Waals surface area (Å²) < 4.78 is 0. The molecule has 2 amide bonds. The summed E-state index contributed by atoms with van der Waals surface area (Å²) in [6.45, 7) is 1.74. The van der Waals surface area contributed by atoms with Crippen molar-refractivity contribution in [1.82, 2.24) is 9.80 Å². The van der Waals surface area contributed by atoms with Gasteiger partial charge in [-0.2, -0.15) is 0 Å². The van der Waals surface area contributed by atoms with Crippen LogP contribution in [-0.2, 0) is 4.79 Å². The van der Waals surface area contributed by atoms with Gasteiger partial charge in [0, 0.05) is 43.9 Å². The summed E-state index contributed by atoms with van der Waals surface area (Å²) in [5.74, 6) is -0.317. The number of piperazine rings is 1. The van der Waals surface area contributed by atoms with Crippen LogP contribution in [0.2, 0.25) is 0 Å². The zero-order valence-corrected chi connectivity index (χ0v) is 11.4. The minimum absolute atomic E-state index is 0.0314. The molecule has 1 saturated heterocycles. The predicted molar refractivity (Wildman–Crippen MR) is 74.6 cm³/mol. The molecule has 0 bridgehead atoms. The van der Waals surface area contributed by atoms with Crippen molar-refractivity contribution in [3.63, 3.8) is 0 Å². The van der Waals surface area contributed by atoms with Crippen molar-refractivity contribution >= 4 is 17.5 Å². The second kappa shape index (κ2) is 6.31. The van der Waals surface area contributed by atoms with E-state index >= 15 is 0 Å². The summed E-state index contributed by atoms with van der Waals surface area (Å²) in [6, 6.07) is 5.50. The molecule has 21 heavy (non-hydrogen) atoms. The average Bonchev–Trinajstić information content (AvgIpc) is 2.53. The molecule has 1 aliphatic rings. The van der Waals surface area contributed by atoms with Crippen LogP contribution < -0.4 is 5.73 Å². The third kappa shape index (κ3) is 3.34. The molecule has 0 aromatic heterocycles. The normalized spacial score (nSPS) is 14.9. The van der Waals surface area contributed by atoms with Crippen LogP contribution in [-0.4, -0.2) is 59.3 Å². The van der Waals surface area contributed by atoms with E-state index in [0.717, 1.165) is 0 Å². The summed E-state index contributed by atoms with van der Waals surface area (Å²) in [5, 5.41) is 10.6. The minimum Gasteiger partial charge on any atom is -0.338 e. The smallest absolute Gasteiger partial charge is 0.269 e. The Kier molecular flexibility index (Phi) is 4.49. The van der Waals surface area contributed by atoms with Gasteiger partial charge in [0.25, 0.3) is 11.6 Å². The fourth-order valence-electron chi connectivity index (χ4n) is 2.20. The van der Waals surface area contributed by atoms with E-state index in [4.69, 9.17) is 5.73 Å². The molecule has 0 atom stereocenters. The Morgan fingerprint density at radius 3 is 2.10 bits per heavy atom. The lowest BCUT2D eigenvalue weighted by atomic mass is 10.1. The highest BCUT2D eigenvalue weighted by Crippen LogP contribution is 2.14. The molecule has 0 saturated carbocycles. The molecule has 0 aliphatic carbocycles. The van der Waals surface area contributed by atoms with Crippen molar-refractivity contribution in [2.24, 2.45) is 5.73 Å². The van der Waals surface area contributed by atoms with E-state index in [-0.39, 0.29) is 24.0 Å². The first-order chi connectivity index (χ1) is 10.0. The highest BCUT2D eigenvalue weighted by molar-refractivity contribution is 5.94. The number of non-ortho nitro benzene ring substituents is 1. The number of carbonyl (C=O) groups excluding carboxylic acids is 2. The summed E-state index contributed by atoms with van der Waals surface area (Å²) in [6.07, 6.45) is 0. The number of hydrogen-bond donors (Lipinski definition) is 1. The summed E-state index contributed by atoms with van der Waals surface area (Å²) in [4.78, 5) is 37.0. The lowest BCUT2D eigenvalue weighted by Crippen LogP contribution is -2.51. The minimum atomic E-state index is -0.508. The Morgan fingerprint density at radius 2 is 1.62 bits per heavy atom. The average molecular weight is 292 g/mol. The molecule has 1 aromatic carbocycles. The SMILES string of the molecule is NCC(=O)N1CCN(C(=O)c2ccc([N+](=O)[O-])cc2)CC1. The lowest BCUT2D eigenvalue weighted by Gasteiger charge is -2.34. The highest BCUT2D eigenvalue weighted by Gasteiger charge is 2.24. The van der Waals surface area contributed by atoms with Crippen molar-refractivity contribution in [3.8, 4) is 0 Å². The predicted octanol–water partition coefficient (Wildman–Crippen LogP) is -0.162. The zero-order chi connectivity index (χ0) is 15.4. The molecule has 0 spiro atoms. The van der Waals surface area contributed by atoms with Crippen molar-refractivity contribution < 1.29 is 14.5 Å². The Balaban J connectivity index is 1.98. The molecule has 1 aliphatic heterocycles. The molecular formula is C13H16N4O4. The first-order valence-corrected chi connectivity index (χ1v) is 6.54. The third-order valence-corrected chi connectivity index (χ3v) is 3.42. The monoisotopic (exact) mass is 292 g/mol. The molecule has 1 aromatic rings. The van der Waals surface area contributed by atoms with Gasteiger partial charge in [0.2, 0.25) is 5.91 Å². The van der Waals surface area contributed by atoms with E-state index in [0.29, 0.717) is 31.7 Å². The van der Waals surface area contributed by atoms with Gasteiger partial charge >= 0.3 is 0 Å². The van der Waals surface area contributed by atoms with Crippen LogP contribution in [0.1, 0.15) is 10.4 Å². The van der Waals surface area contributed by atoms with Crippen molar-refractivity contribution in [3.05, 3.63) is 39.9 Å². The van der Waals surface area contributed by atoms with E-state index in [1.54, 1.807) is 9.80 Å². The molecule has 112 valence electrons. The van der Waals surface area contributed by atoms with Crippen molar-refractivity contribution in [2.75, 3.05) is 32.7 Å². The largest absolute Gasteiger partial charge is 0.338 e. The van der Waals surface area contributed by atoms with Gasteiger partial charge in [-0.15, -0.1) is 0 Å². The number of nitro benzene ring substituents is 1. The van der Waals surface area contributed by atoms with Crippen LogP contribution >= 0.6 is 0 Å². The standard InChI is InChI=1S/C13H16N4O4/c14-9-12(18)15-5-7-16(8-6-15)13(19)10-1-3-11(4-2-10)17(20)21/h1-4H,5-9,14H2. The van der Waals surface area contributed by atoms with Gasteiger partial charge in [-0.3, -0.25) is 19.7 Å². The number of nitrogens with zero attached hydrogens (tertiary/aromatic N) is 3. The molecule has 0 unspecified atom stereocenters. The molecule has 8 heteroatoms. The quantitative estimate of drug-likeness (QED) is 0.614. The zero-order valence-electron chi connectivity index (χ0n) is 11.4. The van der Waals surface area contributed by atoms with Crippen LogP contribution in [0.5, 0.6) is 0 Å². The number of amides is 2. The van der Waals surface area contributed by atoms with Gasteiger partial charge in [-0.1, -0.05) is 0 Å². The second-order valence-electron chi connectivity index (χ2n) is 4.68. The maximum atomic E-state index is 12.3. The fourth-order valence-corrected chi connectivity index (χ4v) is 2.20. The summed E-state index contributed by atoms with van der Waals surface area (Å²) >= 11 is 0. The Bertz CT molecular complexity index is 550. The maximum absolute atomic E-state index is 12.3. The first kappa shape index (κ1) is 14.9. The number of nitrogens with two attached hydrogens (primary N) is 1. The van der Waals surface area contributed by atoms with Gasteiger partial charge < -0.3 is 15.5 Å². The number of carbonyl (C=O) groups is 2. The van der Waals surface area contributed by atoms with E-state index in [1.165, 1.54) is 24.3 Å². The van der Waals surface area contributed by atoms with E-state index in [1.807, 2.05) is 0 Å². The fraction of sp³-hybridized carbons (Fsp3) is 0.385.